The molecule has 1 rings (SSSR count). The maximum absolute atomic E-state index is 12.8. The van der Waals surface area contributed by atoms with Gasteiger partial charge in [-0.25, -0.2) is 8.42 Å². The van der Waals surface area contributed by atoms with E-state index in [1.165, 1.54) is 18.5 Å². The van der Waals surface area contributed by atoms with Crippen LogP contribution in [0.25, 0.3) is 0 Å². The monoisotopic (exact) mass is 444 g/mol. The summed E-state index contributed by atoms with van der Waals surface area (Å²) < 4.78 is 37.9. The van der Waals surface area contributed by atoms with Crippen molar-refractivity contribution >= 4 is 47.6 Å². The van der Waals surface area contributed by atoms with Crippen molar-refractivity contribution in [1.82, 2.24) is 4.31 Å². The first-order valence-corrected chi connectivity index (χ1v) is 9.09. The molecule has 0 unspecified atom stereocenters. The molecule has 0 atom stereocenters. The van der Waals surface area contributed by atoms with Gasteiger partial charge in [-0.1, -0.05) is 15.9 Å². The maximum Gasteiger partial charge on any atom is 0.246 e. The lowest BCUT2D eigenvalue weighted by Crippen LogP contribution is -2.37. The average molecular weight is 446 g/mol. The summed E-state index contributed by atoms with van der Waals surface area (Å²) in [6, 6.07) is 3.20. The number of nitrogens with zero attached hydrogens (tertiary/aromatic N) is 1. The summed E-state index contributed by atoms with van der Waals surface area (Å²) >= 11 is 6.54. The SMILES string of the molecule is COCCN(CCOC)S(=O)(=O)c1c(N)cc(Br)cc1Br. The standard InChI is InChI=1S/C12H18Br2N2O4S/c1-19-5-3-16(4-6-20-2)21(17,18)12-10(14)7-9(13)8-11(12)15/h7-8H,3-6,15H2,1-2H3. The van der Waals surface area contributed by atoms with Gasteiger partial charge >= 0.3 is 0 Å². The molecule has 0 aliphatic carbocycles. The van der Waals surface area contributed by atoms with E-state index >= 15 is 0 Å². The lowest BCUT2D eigenvalue weighted by atomic mass is 10.3. The number of rotatable bonds is 8. The van der Waals surface area contributed by atoms with Crippen LogP contribution in [0.3, 0.4) is 0 Å². The fourth-order valence-corrected chi connectivity index (χ4v) is 5.14. The molecule has 1 aromatic rings. The fraction of sp³-hybridized carbons (Fsp3) is 0.500. The Labute approximate surface area is 141 Å². The molecule has 0 fully saturated rings. The lowest BCUT2D eigenvalue weighted by Gasteiger charge is -2.23. The first-order chi connectivity index (χ1) is 9.84. The molecule has 0 saturated heterocycles. The molecule has 21 heavy (non-hydrogen) atoms. The summed E-state index contributed by atoms with van der Waals surface area (Å²) in [4.78, 5) is 0.0536. The Morgan fingerprint density at radius 2 is 1.67 bits per heavy atom. The molecule has 1 aromatic carbocycles. The highest BCUT2D eigenvalue weighted by molar-refractivity contribution is 9.11. The van der Waals surface area contributed by atoms with Crippen LogP contribution in [-0.2, 0) is 19.5 Å². The van der Waals surface area contributed by atoms with Crippen LogP contribution in [0, 0.1) is 0 Å². The third-order valence-electron chi connectivity index (χ3n) is 2.72. The van der Waals surface area contributed by atoms with Crippen LogP contribution in [0.15, 0.2) is 26.0 Å². The minimum atomic E-state index is -3.74. The second-order valence-corrected chi connectivity index (χ2v) is 7.84. The van der Waals surface area contributed by atoms with Gasteiger partial charge in [0.15, 0.2) is 0 Å². The second kappa shape index (κ2) is 8.44. The Morgan fingerprint density at radius 1 is 1.14 bits per heavy atom. The number of methoxy groups -OCH3 is 2. The van der Waals surface area contributed by atoms with Gasteiger partial charge in [0.2, 0.25) is 10.0 Å². The van der Waals surface area contributed by atoms with Crippen molar-refractivity contribution in [2.75, 3.05) is 46.3 Å². The van der Waals surface area contributed by atoms with Crippen LogP contribution in [0.5, 0.6) is 0 Å². The van der Waals surface area contributed by atoms with Gasteiger partial charge in [0.25, 0.3) is 0 Å². The summed E-state index contributed by atoms with van der Waals surface area (Å²) in [6.07, 6.45) is 0. The van der Waals surface area contributed by atoms with Gasteiger partial charge in [-0.05, 0) is 28.1 Å². The molecule has 120 valence electrons. The lowest BCUT2D eigenvalue weighted by molar-refractivity contribution is 0.150. The van der Waals surface area contributed by atoms with E-state index in [0.29, 0.717) is 8.95 Å². The van der Waals surface area contributed by atoms with E-state index < -0.39 is 10.0 Å². The summed E-state index contributed by atoms with van der Waals surface area (Å²) in [5, 5.41) is 0. The number of hydrogen-bond donors (Lipinski definition) is 1. The van der Waals surface area contributed by atoms with Gasteiger partial charge in [0.1, 0.15) is 4.90 Å². The van der Waals surface area contributed by atoms with E-state index in [1.54, 1.807) is 12.1 Å². The van der Waals surface area contributed by atoms with Crippen LogP contribution in [-0.4, -0.2) is 53.2 Å². The van der Waals surface area contributed by atoms with Crippen molar-refractivity contribution in [3.63, 3.8) is 0 Å². The van der Waals surface area contributed by atoms with E-state index in [0.717, 1.165) is 0 Å². The molecule has 0 heterocycles. The molecule has 0 aliphatic heterocycles. The van der Waals surface area contributed by atoms with Gasteiger partial charge in [-0.3, -0.25) is 0 Å². The molecule has 0 saturated carbocycles. The predicted molar refractivity (Wildman–Crippen MR) is 88.8 cm³/mol. The van der Waals surface area contributed by atoms with Crippen LogP contribution >= 0.6 is 31.9 Å². The molecule has 0 bridgehead atoms. The van der Waals surface area contributed by atoms with Gasteiger partial charge in [-0.2, -0.15) is 4.31 Å². The highest BCUT2D eigenvalue weighted by Crippen LogP contribution is 2.33. The zero-order valence-electron chi connectivity index (χ0n) is 11.8. The molecule has 0 spiro atoms. The predicted octanol–water partition coefficient (Wildman–Crippen LogP) is 2.08. The Hall–Kier alpha value is -0.190. The topological polar surface area (TPSA) is 81.9 Å². The van der Waals surface area contributed by atoms with E-state index in [1.807, 2.05) is 0 Å². The number of hydrogen-bond acceptors (Lipinski definition) is 5. The van der Waals surface area contributed by atoms with Crippen molar-refractivity contribution < 1.29 is 17.9 Å². The third kappa shape index (κ3) is 4.90. The van der Waals surface area contributed by atoms with Crippen molar-refractivity contribution in [3.8, 4) is 0 Å². The number of halogens is 2. The number of anilines is 1. The van der Waals surface area contributed by atoms with E-state index in [2.05, 4.69) is 31.9 Å². The van der Waals surface area contributed by atoms with Crippen LogP contribution in [0.1, 0.15) is 0 Å². The quantitative estimate of drug-likeness (QED) is 0.619. The largest absolute Gasteiger partial charge is 0.398 e. The fourth-order valence-electron chi connectivity index (χ4n) is 1.72. The Bertz CT molecular complexity index is 550. The molecule has 6 nitrogen and oxygen atoms in total. The molecular weight excluding hydrogens is 428 g/mol. The number of ether oxygens (including phenoxy) is 2. The molecule has 9 heteroatoms. The van der Waals surface area contributed by atoms with Gasteiger partial charge in [0, 0.05) is 36.3 Å². The zero-order valence-corrected chi connectivity index (χ0v) is 15.8. The van der Waals surface area contributed by atoms with E-state index in [9.17, 15) is 8.42 Å². The average Bonchev–Trinajstić information content (AvgIpc) is 2.36. The van der Waals surface area contributed by atoms with Crippen molar-refractivity contribution in [2.45, 2.75) is 4.90 Å². The normalized spacial score (nSPS) is 12.0. The number of sulfonamides is 1. The maximum atomic E-state index is 12.8. The highest BCUT2D eigenvalue weighted by Gasteiger charge is 2.28. The molecule has 0 aromatic heterocycles. The van der Waals surface area contributed by atoms with E-state index in [4.69, 9.17) is 15.2 Å². The number of nitrogen functional groups attached to an aromatic ring is 1. The summed E-state index contributed by atoms with van der Waals surface area (Å²) in [7, 11) is -0.705. The first-order valence-electron chi connectivity index (χ1n) is 6.07. The Kier molecular flexibility index (Phi) is 7.58. The minimum absolute atomic E-state index is 0.0536. The van der Waals surface area contributed by atoms with E-state index in [-0.39, 0.29) is 36.9 Å². The van der Waals surface area contributed by atoms with Crippen LogP contribution in [0.2, 0.25) is 0 Å². The molecule has 0 radical (unpaired) electrons. The molecule has 0 aliphatic rings. The zero-order chi connectivity index (χ0) is 16.0. The summed E-state index contributed by atoms with van der Waals surface area (Å²) in [5.41, 5.74) is 6.05. The smallest absolute Gasteiger partial charge is 0.246 e. The van der Waals surface area contributed by atoms with Crippen molar-refractivity contribution in [2.24, 2.45) is 0 Å². The Morgan fingerprint density at radius 3 is 2.10 bits per heavy atom. The molecular formula is C12H18Br2N2O4S. The second-order valence-electron chi connectivity index (χ2n) is 4.20. The van der Waals surface area contributed by atoms with Crippen LogP contribution in [0.4, 0.5) is 5.69 Å². The van der Waals surface area contributed by atoms with Gasteiger partial charge < -0.3 is 15.2 Å². The van der Waals surface area contributed by atoms with Crippen LogP contribution < -0.4 is 5.73 Å². The Balaban J connectivity index is 3.21. The summed E-state index contributed by atoms with van der Waals surface area (Å²) in [6.45, 7) is 1.03. The number of benzene rings is 1. The molecule has 0 amide bonds. The highest BCUT2D eigenvalue weighted by atomic mass is 79.9. The number of nitrogens with two attached hydrogens (primary N) is 1. The third-order valence-corrected chi connectivity index (χ3v) is 6.09. The van der Waals surface area contributed by atoms with Gasteiger partial charge in [0.05, 0.1) is 18.9 Å². The minimum Gasteiger partial charge on any atom is -0.398 e. The van der Waals surface area contributed by atoms with Crippen molar-refractivity contribution in [1.29, 1.82) is 0 Å². The summed E-state index contributed by atoms with van der Waals surface area (Å²) in [5.74, 6) is 0. The van der Waals surface area contributed by atoms with Crippen molar-refractivity contribution in [3.05, 3.63) is 21.1 Å². The first kappa shape index (κ1) is 18.9. The van der Waals surface area contributed by atoms with Gasteiger partial charge in [-0.15, -0.1) is 0 Å². The molecule has 2 N–H and O–H groups in total.